The molecule has 4 rings (SSSR count). The normalized spacial score (nSPS) is 12.9. The molecule has 0 unspecified atom stereocenters. The van der Waals surface area contributed by atoms with Gasteiger partial charge in [-0.2, -0.15) is 35.5 Å². The maximum absolute atomic E-state index is 12.8. The van der Waals surface area contributed by atoms with E-state index in [0.717, 1.165) is 48.2 Å². The summed E-state index contributed by atoms with van der Waals surface area (Å²) in [6.45, 7) is 0.846. The summed E-state index contributed by atoms with van der Waals surface area (Å²) >= 11 is 0.822. The first-order chi connectivity index (χ1) is 30.2. The van der Waals surface area contributed by atoms with E-state index in [1.54, 1.807) is 6.92 Å². The Hall–Kier alpha value is -5.54. The predicted octanol–water partition coefficient (Wildman–Crippen LogP) is 5.26. The number of nitrogen functional groups attached to an aromatic ring is 2. The predicted molar refractivity (Wildman–Crippen MR) is 228 cm³/mol. The van der Waals surface area contributed by atoms with Crippen LogP contribution in [0.1, 0.15) is 31.6 Å². The van der Waals surface area contributed by atoms with E-state index in [2.05, 4.69) is 49.3 Å². The lowest BCUT2D eigenvalue weighted by Crippen LogP contribution is -2.15. The van der Waals surface area contributed by atoms with Crippen molar-refractivity contribution in [2.45, 2.75) is 45.6 Å². The summed E-state index contributed by atoms with van der Waals surface area (Å²) in [4.78, 5) is 2.70. The van der Waals surface area contributed by atoms with Crippen molar-refractivity contribution >= 4 is 108 Å². The molecule has 0 aliphatic rings. The number of rotatable bonds is 20. The van der Waals surface area contributed by atoms with Gasteiger partial charge in [0.2, 0.25) is 0 Å². The molecule has 0 aliphatic heterocycles. The average molecular weight is 1020 g/mol. The molecule has 0 aliphatic carbocycles. The Bertz CT molecular complexity index is 3140. The molecule has 0 amide bonds. The van der Waals surface area contributed by atoms with E-state index in [4.69, 9.17) is 20.6 Å². The van der Waals surface area contributed by atoms with Crippen molar-refractivity contribution in [1.82, 2.24) is 0 Å². The SMILES string of the molecule is CCCCS(=O)(=O)c1ccc(N=Nc2c(N)c(N=Nc3ccc(S(=O)(=O)CCOS(=O)(=O)O)cc3)c(N)c(N=Nc3ccc(SC#COOS(=O)(=O)O)cc3)c2C(O)O)c(S(=O)(=O)O)c1. The van der Waals surface area contributed by atoms with Gasteiger partial charge in [0, 0.05) is 10.1 Å². The Morgan fingerprint density at radius 1 is 0.662 bits per heavy atom. The van der Waals surface area contributed by atoms with Crippen LogP contribution in [-0.4, -0.2) is 84.1 Å². The van der Waals surface area contributed by atoms with E-state index < -0.39 is 119 Å². The van der Waals surface area contributed by atoms with Gasteiger partial charge in [0.25, 0.3) is 10.1 Å². The molecule has 0 aromatic heterocycles. The Morgan fingerprint density at radius 3 is 1.71 bits per heavy atom. The molecule has 65 heavy (non-hydrogen) atoms. The van der Waals surface area contributed by atoms with Crippen molar-refractivity contribution in [3.05, 3.63) is 72.3 Å². The number of azo groups is 3. The lowest BCUT2D eigenvalue weighted by Gasteiger charge is -2.17. The average Bonchev–Trinajstić information content (AvgIpc) is 3.21. The van der Waals surface area contributed by atoms with Gasteiger partial charge < -0.3 is 21.7 Å². The molecule has 0 bridgehead atoms. The number of aliphatic hydroxyl groups is 2. The number of anilines is 2. The molecular formula is C33H34N8O18S6. The van der Waals surface area contributed by atoms with Crippen LogP contribution in [0.25, 0.3) is 0 Å². The molecule has 0 saturated heterocycles. The van der Waals surface area contributed by atoms with Gasteiger partial charge in [-0.15, -0.1) is 20.5 Å². The molecule has 26 nitrogen and oxygen atoms in total. The summed E-state index contributed by atoms with van der Waals surface area (Å²) in [5, 5.41) is 47.4. The van der Waals surface area contributed by atoms with Crippen molar-refractivity contribution in [1.29, 1.82) is 0 Å². The number of benzene rings is 4. The molecule has 4 aromatic carbocycles. The zero-order valence-corrected chi connectivity index (χ0v) is 37.7. The highest BCUT2D eigenvalue weighted by molar-refractivity contribution is 8.04. The van der Waals surface area contributed by atoms with Gasteiger partial charge in [-0.05, 0) is 89.2 Å². The van der Waals surface area contributed by atoms with E-state index in [0.29, 0.717) is 17.4 Å². The second-order valence-electron chi connectivity index (χ2n) is 12.5. The summed E-state index contributed by atoms with van der Waals surface area (Å²) < 4.78 is 153. The zero-order valence-electron chi connectivity index (χ0n) is 32.8. The summed E-state index contributed by atoms with van der Waals surface area (Å²) in [6, 6.07) is 12.8. The minimum absolute atomic E-state index is 0.0403. The molecule has 0 atom stereocenters. The Labute approximate surface area is 374 Å². The monoisotopic (exact) mass is 1020 g/mol. The Morgan fingerprint density at radius 2 is 1.18 bits per heavy atom. The molecule has 32 heteroatoms. The van der Waals surface area contributed by atoms with Gasteiger partial charge >= 0.3 is 20.8 Å². The highest BCUT2D eigenvalue weighted by atomic mass is 32.3. The number of hydrogen-bond donors (Lipinski definition) is 7. The first-order valence-corrected chi connectivity index (χ1v) is 25.8. The van der Waals surface area contributed by atoms with Crippen LogP contribution >= 0.6 is 11.8 Å². The fourth-order valence-corrected chi connectivity index (χ4v) is 9.19. The minimum atomic E-state index is -5.18. The maximum atomic E-state index is 12.8. The Kier molecular flexibility index (Phi) is 17.3. The van der Waals surface area contributed by atoms with Crippen LogP contribution in [0.4, 0.5) is 45.5 Å². The smallest absolute Gasteiger partial charge is 0.395 e. The van der Waals surface area contributed by atoms with Crippen LogP contribution in [0, 0.1) is 11.4 Å². The van der Waals surface area contributed by atoms with Gasteiger partial charge in [0.15, 0.2) is 32.1 Å². The van der Waals surface area contributed by atoms with Crippen molar-refractivity contribution < 1.29 is 79.4 Å². The largest absolute Gasteiger partial charge is 0.433 e. The third-order valence-electron chi connectivity index (χ3n) is 7.90. The highest BCUT2D eigenvalue weighted by Crippen LogP contribution is 2.51. The summed E-state index contributed by atoms with van der Waals surface area (Å²) in [5.41, 5.74) is 8.71. The Balaban J connectivity index is 1.84. The number of thioether (sulfide) groups is 1. The van der Waals surface area contributed by atoms with Gasteiger partial charge in [0.1, 0.15) is 27.6 Å². The molecule has 4 aromatic rings. The molecule has 0 saturated carbocycles. The topological polar surface area (TPSA) is 426 Å². The van der Waals surface area contributed by atoms with Crippen molar-refractivity contribution in [3.63, 3.8) is 0 Å². The van der Waals surface area contributed by atoms with Crippen LogP contribution in [-0.2, 0) is 64.0 Å². The second-order valence-corrected chi connectivity index (χ2v) is 21.0. The second kappa shape index (κ2) is 21.6. The van der Waals surface area contributed by atoms with Crippen LogP contribution in [0.3, 0.4) is 0 Å². The molecular weight excluding hydrogens is 989 g/mol. The molecule has 9 N–H and O–H groups in total. The minimum Gasteiger partial charge on any atom is -0.395 e. The lowest BCUT2D eigenvalue weighted by molar-refractivity contribution is -0.135. The highest BCUT2D eigenvalue weighted by Gasteiger charge is 2.27. The molecule has 0 spiro atoms. The number of hydrogen-bond acceptors (Lipinski definition) is 24. The van der Waals surface area contributed by atoms with Gasteiger partial charge in [-0.3, -0.25) is 18.5 Å². The van der Waals surface area contributed by atoms with Gasteiger partial charge in [-0.1, -0.05) is 13.3 Å². The van der Waals surface area contributed by atoms with E-state index in [1.165, 1.54) is 24.3 Å². The zero-order chi connectivity index (χ0) is 48.4. The number of aliphatic hydroxyl groups excluding tert-OH is 1. The quantitative estimate of drug-likeness (QED) is 0.00867. The van der Waals surface area contributed by atoms with E-state index >= 15 is 0 Å². The van der Waals surface area contributed by atoms with E-state index in [9.17, 15) is 56.9 Å². The summed E-state index contributed by atoms with van der Waals surface area (Å²) in [6.07, 6.45) is 0.0784. The third-order valence-corrected chi connectivity index (χ3v) is 13.7. The van der Waals surface area contributed by atoms with Crippen LogP contribution in [0.5, 0.6) is 0 Å². The summed E-state index contributed by atoms with van der Waals surface area (Å²) in [5.74, 6) is -1.18. The summed E-state index contributed by atoms with van der Waals surface area (Å²) in [7, 11) is -23.1. The van der Waals surface area contributed by atoms with E-state index in [-0.39, 0.29) is 28.4 Å². The third kappa shape index (κ3) is 15.3. The van der Waals surface area contributed by atoms with Crippen LogP contribution in [0.2, 0.25) is 0 Å². The fraction of sp³-hybridized carbons (Fsp3) is 0.212. The number of unbranched alkanes of at least 4 members (excludes halogenated alkanes) is 1. The molecule has 0 radical (unpaired) electrons. The number of sulfone groups is 2. The van der Waals surface area contributed by atoms with Crippen LogP contribution in [0.15, 0.2) is 117 Å². The molecule has 350 valence electrons. The van der Waals surface area contributed by atoms with Crippen molar-refractivity contribution in [2.75, 3.05) is 29.6 Å². The fourth-order valence-electron chi connectivity index (χ4n) is 4.91. The molecule has 0 heterocycles. The number of nitrogens with two attached hydrogens (primary N) is 2. The first kappa shape index (κ1) is 52.1. The van der Waals surface area contributed by atoms with E-state index in [1.807, 2.05) is 6.11 Å². The number of nitrogens with zero attached hydrogens (tertiary/aromatic N) is 6. The van der Waals surface area contributed by atoms with Crippen LogP contribution < -0.4 is 11.5 Å². The lowest BCUT2D eigenvalue weighted by atomic mass is 10.0. The van der Waals surface area contributed by atoms with Crippen molar-refractivity contribution in [3.8, 4) is 11.4 Å². The first-order valence-electron chi connectivity index (χ1n) is 17.5. The standard InChI is InChI=1S/C33H34N8O18S6/c1-2-3-17-61(44,45)24-12-13-25(26(19-24)63(48,49)50)38-40-31-27(33(42)43)30(39-36-20-4-8-22(9-5-20)60-16-14-57-59-65(54,55)56)28(34)32(29(31)35)41-37-21-6-10-23(11-7-21)62(46,47)18-15-58-64(51,52)53/h4-13,19,33,42-43H,2-3,15,17-18,34-35H2,1H3,(H,48,49,50)(H,51,52,53)(H,54,55,56). The molecule has 0 fully saturated rings. The van der Waals surface area contributed by atoms with Gasteiger partial charge in [0.05, 0.1) is 56.2 Å². The van der Waals surface area contributed by atoms with Crippen molar-refractivity contribution in [2.24, 2.45) is 30.7 Å². The maximum Gasteiger partial charge on any atom is 0.433 e. The van der Waals surface area contributed by atoms with Gasteiger partial charge in [-0.25, -0.2) is 21.0 Å².